The van der Waals surface area contributed by atoms with E-state index in [4.69, 9.17) is 5.73 Å². The summed E-state index contributed by atoms with van der Waals surface area (Å²) in [5, 5.41) is 1.30. The molecule has 2 aromatic rings. The van der Waals surface area contributed by atoms with Gasteiger partial charge in [-0.15, -0.1) is 0 Å². The van der Waals surface area contributed by atoms with Crippen LogP contribution in [-0.4, -0.2) is 35.1 Å². The first-order chi connectivity index (χ1) is 10.7. The van der Waals surface area contributed by atoms with Crippen LogP contribution in [0.15, 0.2) is 41.5 Å². The average Bonchev–Trinajstić information content (AvgIpc) is 2.95. The minimum Gasteiger partial charge on any atom is -0.370 e. The van der Waals surface area contributed by atoms with Crippen LogP contribution in [-0.2, 0) is 6.54 Å². The number of hydrogen-bond donors (Lipinski definition) is 1. The second-order valence-electron chi connectivity index (χ2n) is 6.33. The Morgan fingerprint density at radius 2 is 2.00 bits per heavy atom. The molecular formula is C18H26N4. The summed E-state index contributed by atoms with van der Waals surface area (Å²) in [6, 6.07) is 10.7. The maximum absolute atomic E-state index is 6.11. The fourth-order valence-corrected chi connectivity index (χ4v) is 3.11. The predicted octanol–water partition coefficient (Wildman–Crippen LogP) is 3.08. The Morgan fingerprint density at radius 1 is 1.23 bits per heavy atom. The Kier molecular flexibility index (Phi) is 4.66. The van der Waals surface area contributed by atoms with Crippen molar-refractivity contribution >= 4 is 16.9 Å². The molecule has 1 aliphatic rings. The molecule has 0 bridgehead atoms. The molecular weight excluding hydrogens is 272 g/mol. The monoisotopic (exact) mass is 298 g/mol. The number of guanidine groups is 1. The number of rotatable bonds is 4. The normalized spacial score (nSPS) is 17.3. The summed E-state index contributed by atoms with van der Waals surface area (Å²) in [6.45, 7) is 6.20. The standard InChI is InChI=1S/C18H26N4/c1-15-7-12-22(13-8-15)18(19)20-10-4-11-21-14-9-16-5-2-3-6-17(16)21/h2-3,5-6,9,14-15H,4,7-8,10-13H2,1H3,(H2,19,20). The minimum atomic E-state index is 0.726. The average molecular weight is 298 g/mol. The molecule has 1 saturated heterocycles. The molecule has 0 unspecified atom stereocenters. The van der Waals surface area contributed by atoms with Gasteiger partial charge in [0.25, 0.3) is 0 Å². The highest BCUT2D eigenvalue weighted by Crippen LogP contribution is 2.16. The van der Waals surface area contributed by atoms with E-state index in [1.54, 1.807) is 0 Å². The lowest BCUT2D eigenvalue weighted by Gasteiger charge is -2.31. The molecule has 0 atom stereocenters. The Hall–Kier alpha value is -1.97. The van der Waals surface area contributed by atoms with Gasteiger partial charge in [0.15, 0.2) is 5.96 Å². The van der Waals surface area contributed by atoms with Crippen LogP contribution in [0.3, 0.4) is 0 Å². The molecule has 4 nitrogen and oxygen atoms in total. The van der Waals surface area contributed by atoms with Gasteiger partial charge in [-0.2, -0.15) is 0 Å². The van der Waals surface area contributed by atoms with Crippen molar-refractivity contribution in [1.82, 2.24) is 9.47 Å². The summed E-state index contributed by atoms with van der Waals surface area (Å²) in [5.74, 6) is 1.55. The molecule has 0 aliphatic carbocycles. The molecule has 1 fully saturated rings. The van der Waals surface area contributed by atoms with Crippen molar-refractivity contribution in [1.29, 1.82) is 0 Å². The molecule has 4 heteroatoms. The molecule has 0 spiro atoms. The van der Waals surface area contributed by atoms with Crippen molar-refractivity contribution in [2.24, 2.45) is 16.6 Å². The number of piperidine rings is 1. The van der Waals surface area contributed by atoms with Gasteiger partial charge < -0.3 is 15.2 Å². The maximum Gasteiger partial charge on any atom is 0.191 e. The summed E-state index contributed by atoms with van der Waals surface area (Å²) in [6.07, 6.45) is 5.63. The Balaban J connectivity index is 1.49. The Bertz CT molecular complexity index is 635. The lowest BCUT2D eigenvalue weighted by atomic mass is 10.00. The number of nitrogens with two attached hydrogens (primary N) is 1. The van der Waals surface area contributed by atoms with Crippen LogP contribution in [0.25, 0.3) is 10.9 Å². The van der Waals surface area contributed by atoms with Crippen LogP contribution < -0.4 is 5.73 Å². The summed E-state index contributed by atoms with van der Waals surface area (Å²) in [4.78, 5) is 6.79. The van der Waals surface area contributed by atoms with Crippen molar-refractivity contribution in [2.75, 3.05) is 19.6 Å². The lowest BCUT2D eigenvalue weighted by Crippen LogP contribution is -2.42. The molecule has 1 aromatic heterocycles. The number of nitrogens with zero attached hydrogens (tertiary/aromatic N) is 3. The van der Waals surface area contributed by atoms with Gasteiger partial charge in [-0.1, -0.05) is 25.1 Å². The second kappa shape index (κ2) is 6.86. The van der Waals surface area contributed by atoms with Gasteiger partial charge >= 0.3 is 0 Å². The largest absolute Gasteiger partial charge is 0.370 e. The van der Waals surface area contributed by atoms with Gasteiger partial charge in [0.05, 0.1) is 0 Å². The lowest BCUT2D eigenvalue weighted by molar-refractivity contribution is 0.277. The number of aliphatic imine (C=N–C) groups is 1. The number of likely N-dealkylation sites (tertiary alicyclic amines) is 1. The van der Waals surface area contributed by atoms with E-state index in [0.717, 1.165) is 44.5 Å². The first-order valence-corrected chi connectivity index (χ1v) is 8.33. The summed E-state index contributed by atoms with van der Waals surface area (Å²) >= 11 is 0. The SMILES string of the molecule is CC1CCN(C(N)=NCCCn2ccc3ccccc32)CC1. The number of hydrogen-bond acceptors (Lipinski definition) is 1. The van der Waals surface area contributed by atoms with E-state index in [2.05, 4.69) is 57.9 Å². The van der Waals surface area contributed by atoms with Crippen molar-refractivity contribution in [3.63, 3.8) is 0 Å². The van der Waals surface area contributed by atoms with Crippen LogP contribution in [0, 0.1) is 5.92 Å². The first-order valence-electron chi connectivity index (χ1n) is 8.33. The number of aromatic nitrogens is 1. The molecule has 22 heavy (non-hydrogen) atoms. The van der Waals surface area contributed by atoms with Gasteiger partial charge in [0, 0.05) is 37.9 Å². The Morgan fingerprint density at radius 3 is 2.82 bits per heavy atom. The maximum atomic E-state index is 6.11. The zero-order chi connectivity index (χ0) is 15.4. The van der Waals surface area contributed by atoms with Gasteiger partial charge in [-0.3, -0.25) is 4.99 Å². The number of para-hydroxylation sites is 1. The molecule has 0 radical (unpaired) electrons. The van der Waals surface area contributed by atoms with Gasteiger partial charge in [-0.05, 0) is 42.7 Å². The molecule has 118 valence electrons. The first kappa shape index (κ1) is 14.9. The molecule has 2 heterocycles. The summed E-state index contributed by atoms with van der Waals surface area (Å²) in [5.41, 5.74) is 7.41. The highest BCUT2D eigenvalue weighted by atomic mass is 15.3. The fourth-order valence-electron chi connectivity index (χ4n) is 3.11. The van der Waals surface area contributed by atoms with E-state index >= 15 is 0 Å². The smallest absolute Gasteiger partial charge is 0.191 e. The number of fused-ring (bicyclic) bond motifs is 1. The van der Waals surface area contributed by atoms with E-state index < -0.39 is 0 Å². The van der Waals surface area contributed by atoms with E-state index in [-0.39, 0.29) is 0 Å². The molecule has 3 rings (SSSR count). The quantitative estimate of drug-likeness (QED) is 0.535. The zero-order valence-corrected chi connectivity index (χ0v) is 13.4. The van der Waals surface area contributed by atoms with Gasteiger partial charge in [0.1, 0.15) is 0 Å². The highest BCUT2D eigenvalue weighted by Gasteiger charge is 2.16. The van der Waals surface area contributed by atoms with Crippen molar-refractivity contribution < 1.29 is 0 Å². The van der Waals surface area contributed by atoms with Crippen molar-refractivity contribution in [2.45, 2.75) is 32.7 Å². The molecule has 0 saturated carbocycles. The van der Waals surface area contributed by atoms with E-state index in [9.17, 15) is 0 Å². The summed E-state index contributed by atoms with van der Waals surface area (Å²) in [7, 11) is 0. The minimum absolute atomic E-state index is 0.726. The van der Waals surface area contributed by atoms with E-state index in [1.165, 1.54) is 23.7 Å². The topological polar surface area (TPSA) is 46.5 Å². The number of benzene rings is 1. The van der Waals surface area contributed by atoms with Crippen LogP contribution in [0.2, 0.25) is 0 Å². The summed E-state index contributed by atoms with van der Waals surface area (Å²) < 4.78 is 2.30. The highest BCUT2D eigenvalue weighted by molar-refractivity contribution is 5.80. The van der Waals surface area contributed by atoms with Crippen LogP contribution in [0.4, 0.5) is 0 Å². The predicted molar refractivity (Wildman–Crippen MR) is 93.0 cm³/mol. The third-order valence-electron chi connectivity index (χ3n) is 4.62. The fraction of sp³-hybridized carbons (Fsp3) is 0.500. The van der Waals surface area contributed by atoms with Crippen LogP contribution >= 0.6 is 0 Å². The van der Waals surface area contributed by atoms with Crippen molar-refractivity contribution in [3.05, 3.63) is 36.5 Å². The third-order valence-corrected chi connectivity index (χ3v) is 4.62. The third kappa shape index (κ3) is 3.43. The van der Waals surface area contributed by atoms with Crippen LogP contribution in [0.5, 0.6) is 0 Å². The van der Waals surface area contributed by atoms with E-state index in [1.807, 2.05) is 0 Å². The molecule has 1 aliphatic heterocycles. The zero-order valence-electron chi connectivity index (χ0n) is 13.4. The molecule has 1 aromatic carbocycles. The van der Waals surface area contributed by atoms with Gasteiger partial charge in [-0.25, -0.2) is 0 Å². The number of aryl methyl sites for hydroxylation is 1. The second-order valence-corrected chi connectivity index (χ2v) is 6.33. The Labute approximate surface area is 132 Å². The molecule has 2 N–H and O–H groups in total. The molecule has 0 amide bonds. The van der Waals surface area contributed by atoms with E-state index in [0.29, 0.717) is 0 Å². The van der Waals surface area contributed by atoms with Crippen molar-refractivity contribution in [3.8, 4) is 0 Å². The van der Waals surface area contributed by atoms with Crippen LogP contribution in [0.1, 0.15) is 26.2 Å². The van der Waals surface area contributed by atoms with Gasteiger partial charge in [0.2, 0.25) is 0 Å².